The number of nitrogen functional groups attached to an aromatic ring is 1. The fourth-order valence-electron chi connectivity index (χ4n) is 3.53. The quantitative estimate of drug-likeness (QED) is 0.656. The lowest BCUT2D eigenvalue weighted by Gasteiger charge is -2.21. The molecule has 3 rings (SSSR count). The van der Waals surface area contributed by atoms with E-state index in [-0.39, 0.29) is 0 Å². The van der Waals surface area contributed by atoms with Gasteiger partial charge in [-0.25, -0.2) is 4.98 Å². The van der Waals surface area contributed by atoms with Crippen LogP contribution in [0.25, 0.3) is 11.0 Å². The first kappa shape index (κ1) is 14.2. The monoisotopic (exact) mass is 283 g/mol. The molecule has 0 amide bonds. The van der Waals surface area contributed by atoms with Gasteiger partial charge in [0.05, 0.1) is 11.0 Å². The molecule has 1 heterocycles. The Labute approximate surface area is 126 Å². The lowest BCUT2D eigenvalue weighted by atomic mass is 9.86. The van der Waals surface area contributed by atoms with Gasteiger partial charge in [0.15, 0.2) is 0 Å². The molecule has 2 N–H and O–H groups in total. The van der Waals surface area contributed by atoms with Gasteiger partial charge in [0, 0.05) is 18.7 Å². The summed E-state index contributed by atoms with van der Waals surface area (Å²) in [6.45, 7) is 4.70. The topological polar surface area (TPSA) is 43.8 Å². The summed E-state index contributed by atoms with van der Waals surface area (Å²) in [5, 5.41) is 0. The number of imidazole rings is 1. The number of allylic oxidation sites excluding steroid dienone is 1. The first-order valence-corrected chi connectivity index (χ1v) is 8.13. The van der Waals surface area contributed by atoms with E-state index in [2.05, 4.69) is 17.2 Å². The Morgan fingerprint density at radius 1 is 1.29 bits per heavy atom. The van der Waals surface area contributed by atoms with Crippen molar-refractivity contribution in [1.29, 1.82) is 0 Å². The number of fused-ring (bicyclic) bond motifs is 1. The summed E-state index contributed by atoms with van der Waals surface area (Å²) in [6, 6.07) is 6.00. The smallest absolute Gasteiger partial charge is 0.110 e. The number of nitrogens with two attached hydrogens (primary N) is 1. The van der Waals surface area contributed by atoms with Gasteiger partial charge in [-0.05, 0) is 30.5 Å². The van der Waals surface area contributed by atoms with Gasteiger partial charge in [0.25, 0.3) is 0 Å². The highest BCUT2D eigenvalue weighted by atomic mass is 15.1. The molecular formula is C18H25N3. The third kappa shape index (κ3) is 3.12. The molecule has 21 heavy (non-hydrogen) atoms. The third-order valence-corrected chi connectivity index (χ3v) is 4.66. The predicted molar refractivity (Wildman–Crippen MR) is 89.2 cm³/mol. The van der Waals surface area contributed by atoms with Crippen molar-refractivity contribution in [3.05, 3.63) is 36.7 Å². The Morgan fingerprint density at radius 2 is 2.10 bits per heavy atom. The van der Waals surface area contributed by atoms with E-state index in [0.717, 1.165) is 30.1 Å². The van der Waals surface area contributed by atoms with Gasteiger partial charge >= 0.3 is 0 Å². The first-order chi connectivity index (χ1) is 10.3. The minimum atomic E-state index is 0.782. The first-order valence-electron chi connectivity index (χ1n) is 8.13. The predicted octanol–water partition coefficient (Wildman–Crippen LogP) is 4.32. The highest BCUT2D eigenvalue weighted by molar-refractivity contribution is 5.79. The van der Waals surface area contributed by atoms with Crippen molar-refractivity contribution in [3.63, 3.8) is 0 Å². The number of hydrogen-bond acceptors (Lipinski definition) is 2. The number of rotatable bonds is 5. The molecule has 0 saturated heterocycles. The molecule has 0 unspecified atom stereocenters. The number of aryl methyl sites for hydroxylation is 1. The molecule has 1 aromatic heterocycles. The van der Waals surface area contributed by atoms with E-state index < -0.39 is 0 Å². The summed E-state index contributed by atoms with van der Waals surface area (Å²) >= 11 is 0. The zero-order valence-corrected chi connectivity index (χ0v) is 12.7. The maximum Gasteiger partial charge on any atom is 0.110 e. The average Bonchev–Trinajstić information content (AvgIpc) is 2.84. The molecule has 0 spiro atoms. The molecule has 1 aromatic carbocycles. The number of anilines is 1. The van der Waals surface area contributed by atoms with E-state index in [1.807, 2.05) is 18.2 Å². The molecule has 1 fully saturated rings. The zero-order chi connectivity index (χ0) is 14.7. The lowest BCUT2D eigenvalue weighted by Crippen LogP contribution is -2.10. The third-order valence-electron chi connectivity index (χ3n) is 4.66. The summed E-state index contributed by atoms with van der Waals surface area (Å²) in [5.41, 5.74) is 8.84. The fourth-order valence-corrected chi connectivity index (χ4v) is 3.53. The van der Waals surface area contributed by atoms with Crippen LogP contribution >= 0.6 is 0 Å². The van der Waals surface area contributed by atoms with Gasteiger partial charge in [-0.2, -0.15) is 0 Å². The van der Waals surface area contributed by atoms with E-state index in [1.54, 1.807) is 0 Å². The van der Waals surface area contributed by atoms with Crippen molar-refractivity contribution in [1.82, 2.24) is 9.55 Å². The molecule has 1 saturated carbocycles. The molecule has 1 aliphatic carbocycles. The molecule has 2 aromatic rings. The zero-order valence-electron chi connectivity index (χ0n) is 12.7. The molecule has 112 valence electrons. The van der Waals surface area contributed by atoms with Gasteiger partial charge < -0.3 is 10.3 Å². The largest absolute Gasteiger partial charge is 0.399 e. The van der Waals surface area contributed by atoms with Crippen LogP contribution in [0.5, 0.6) is 0 Å². The number of aromatic nitrogens is 2. The van der Waals surface area contributed by atoms with E-state index in [4.69, 9.17) is 10.7 Å². The number of nitrogens with zero attached hydrogens (tertiary/aromatic N) is 2. The number of benzene rings is 1. The van der Waals surface area contributed by atoms with E-state index in [9.17, 15) is 0 Å². The van der Waals surface area contributed by atoms with Crippen LogP contribution in [0, 0.1) is 5.92 Å². The Bertz CT molecular complexity index is 621. The second kappa shape index (κ2) is 6.33. The van der Waals surface area contributed by atoms with E-state index >= 15 is 0 Å². The van der Waals surface area contributed by atoms with Crippen LogP contribution in [-0.4, -0.2) is 9.55 Å². The lowest BCUT2D eigenvalue weighted by molar-refractivity contribution is 0.336. The van der Waals surface area contributed by atoms with Crippen molar-refractivity contribution in [2.45, 2.75) is 51.5 Å². The van der Waals surface area contributed by atoms with Crippen LogP contribution in [0.3, 0.4) is 0 Å². The molecule has 3 heteroatoms. The molecule has 0 bridgehead atoms. The van der Waals surface area contributed by atoms with Gasteiger partial charge in [-0.3, -0.25) is 0 Å². The summed E-state index contributed by atoms with van der Waals surface area (Å²) in [7, 11) is 0. The number of hydrogen-bond donors (Lipinski definition) is 1. The van der Waals surface area contributed by atoms with Crippen molar-refractivity contribution >= 4 is 16.7 Å². The molecule has 3 nitrogen and oxygen atoms in total. The summed E-state index contributed by atoms with van der Waals surface area (Å²) < 4.78 is 2.28. The maximum absolute atomic E-state index is 5.88. The molecule has 0 atom stereocenters. The van der Waals surface area contributed by atoms with Gasteiger partial charge in [0.1, 0.15) is 5.82 Å². The van der Waals surface area contributed by atoms with Crippen LogP contribution in [0.2, 0.25) is 0 Å². The van der Waals surface area contributed by atoms with E-state index in [1.165, 1.54) is 49.9 Å². The molecule has 1 aliphatic rings. The van der Waals surface area contributed by atoms with Gasteiger partial charge in [-0.15, -0.1) is 6.58 Å². The second-order valence-electron chi connectivity index (χ2n) is 6.22. The van der Waals surface area contributed by atoms with Crippen LogP contribution in [-0.2, 0) is 13.0 Å². The standard InChI is InChI=1S/C18H25N3/c1-2-12-21-17-10-9-15(19)13-16(17)20-18(21)11-8-14-6-4-3-5-7-14/h2,9-10,13-14H,1,3-8,11-12,19H2. The van der Waals surface area contributed by atoms with Crippen LogP contribution in [0.15, 0.2) is 30.9 Å². The van der Waals surface area contributed by atoms with Crippen molar-refractivity contribution < 1.29 is 0 Å². The van der Waals surface area contributed by atoms with Crippen molar-refractivity contribution in [2.24, 2.45) is 5.92 Å². The van der Waals surface area contributed by atoms with E-state index in [0.29, 0.717) is 0 Å². The Hall–Kier alpha value is -1.77. The SMILES string of the molecule is C=CCn1c(CCC2CCCCC2)nc2cc(N)ccc21. The van der Waals surface area contributed by atoms with Crippen LogP contribution < -0.4 is 5.73 Å². The molecule has 0 radical (unpaired) electrons. The maximum atomic E-state index is 5.88. The molecular weight excluding hydrogens is 258 g/mol. The normalized spacial score (nSPS) is 16.4. The van der Waals surface area contributed by atoms with Gasteiger partial charge in [-0.1, -0.05) is 38.2 Å². The minimum absolute atomic E-state index is 0.782. The van der Waals surface area contributed by atoms with Crippen LogP contribution in [0.4, 0.5) is 5.69 Å². The second-order valence-corrected chi connectivity index (χ2v) is 6.22. The Morgan fingerprint density at radius 3 is 2.86 bits per heavy atom. The summed E-state index contributed by atoms with van der Waals surface area (Å²) in [6.07, 6.45) is 11.3. The summed E-state index contributed by atoms with van der Waals surface area (Å²) in [4.78, 5) is 4.81. The Kier molecular flexibility index (Phi) is 4.28. The Balaban J connectivity index is 1.82. The highest BCUT2D eigenvalue weighted by Gasteiger charge is 2.16. The average molecular weight is 283 g/mol. The van der Waals surface area contributed by atoms with Crippen molar-refractivity contribution in [2.75, 3.05) is 5.73 Å². The minimum Gasteiger partial charge on any atom is -0.399 e. The summed E-state index contributed by atoms with van der Waals surface area (Å²) in [5.74, 6) is 2.07. The molecule has 0 aliphatic heterocycles. The fraction of sp³-hybridized carbons (Fsp3) is 0.500. The van der Waals surface area contributed by atoms with Gasteiger partial charge in [0.2, 0.25) is 0 Å². The van der Waals surface area contributed by atoms with Crippen LogP contribution in [0.1, 0.15) is 44.3 Å². The van der Waals surface area contributed by atoms with Crippen molar-refractivity contribution in [3.8, 4) is 0 Å². The highest BCUT2D eigenvalue weighted by Crippen LogP contribution is 2.28.